The van der Waals surface area contributed by atoms with Gasteiger partial charge in [0.25, 0.3) is 0 Å². The lowest BCUT2D eigenvalue weighted by Crippen LogP contribution is -2.41. The van der Waals surface area contributed by atoms with Crippen LogP contribution in [0.25, 0.3) is 0 Å². The molecule has 2 heterocycles. The number of hydrogen-bond donors (Lipinski definition) is 2. The summed E-state index contributed by atoms with van der Waals surface area (Å²) in [5.41, 5.74) is 0.646. The van der Waals surface area contributed by atoms with Crippen LogP contribution in [0.4, 0.5) is 5.69 Å². The third-order valence-corrected chi connectivity index (χ3v) is 5.44. The predicted molar refractivity (Wildman–Crippen MR) is 114 cm³/mol. The Hall–Kier alpha value is -1.48. The van der Waals surface area contributed by atoms with E-state index in [9.17, 15) is 4.79 Å². The van der Waals surface area contributed by atoms with E-state index in [0.717, 1.165) is 38.1 Å². The van der Waals surface area contributed by atoms with E-state index in [4.69, 9.17) is 9.31 Å². The van der Waals surface area contributed by atoms with Crippen LogP contribution >= 0.6 is 0 Å². The fraction of sp³-hybridized carbons (Fsp3) is 0.700. The molecule has 0 atom stereocenters. The Morgan fingerprint density at radius 3 is 2.43 bits per heavy atom. The summed E-state index contributed by atoms with van der Waals surface area (Å²) in [5, 5.41) is 6.10. The van der Waals surface area contributed by atoms with Crippen molar-refractivity contribution < 1.29 is 14.1 Å². The lowest BCUT2D eigenvalue weighted by Gasteiger charge is -2.32. The molecule has 2 N–H and O–H groups in total. The number of carbonyl (C=O) groups is 1. The SMILES string of the molecule is CCCN(CCNC)CCC(=O)Nc1cncc(B2OC(C)(C)C(C)(C)O2)c1. The van der Waals surface area contributed by atoms with Gasteiger partial charge in [0.05, 0.1) is 23.1 Å². The molecule has 28 heavy (non-hydrogen) atoms. The molecule has 1 aliphatic rings. The van der Waals surface area contributed by atoms with Crippen molar-refractivity contribution in [2.75, 3.05) is 38.5 Å². The van der Waals surface area contributed by atoms with E-state index in [1.165, 1.54) is 0 Å². The van der Waals surface area contributed by atoms with Crippen molar-refractivity contribution in [2.45, 2.75) is 58.7 Å². The molecule has 1 aromatic heterocycles. The van der Waals surface area contributed by atoms with Crippen molar-refractivity contribution >= 4 is 24.2 Å². The molecule has 0 bridgehead atoms. The first-order valence-electron chi connectivity index (χ1n) is 10.2. The van der Waals surface area contributed by atoms with Crippen LogP contribution in [0, 0.1) is 0 Å². The molecular formula is C20H35BN4O3. The van der Waals surface area contributed by atoms with E-state index >= 15 is 0 Å². The van der Waals surface area contributed by atoms with Crippen LogP contribution in [0.1, 0.15) is 47.5 Å². The van der Waals surface area contributed by atoms with Gasteiger partial charge < -0.3 is 24.8 Å². The third kappa shape index (κ3) is 6.01. The van der Waals surface area contributed by atoms with Gasteiger partial charge in [0, 0.05) is 37.7 Å². The van der Waals surface area contributed by atoms with Crippen LogP contribution in [0.2, 0.25) is 0 Å². The number of aromatic nitrogens is 1. The highest BCUT2D eigenvalue weighted by Gasteiger charge is 2.51. The Bertz CT molecular complexity index is 638. The van der Waals surface area contributed by atoms with Gasteiger partial charge in [-0.25, -0.2) is 0 Å². The average Bonchev–Trinajstić information content (AvgIpc) is 2.85. The smallest absolute Gasteiger partial charge is 0.399 e. The lowest BCUT2D eigenvalue weighted by molar-refractivity contribution is -0.116. The molecule has 0 unspecified atom stereocenters. The van der Waals surface area contributed by atoms with Crippen molar-refractivity contribution in [3.05, 3.63) is 18.5 Å². The van der Waals surface area contributed by atoms with E-state index in [1.807, 2.05) is 40.8 Å². The number of rotatable bonds is 10. The molecule has 7 nitrogen and oxygen atoms in total. The number of hydrogen-bond acceptors (Lipinski definition) is 6. The second-order valence-corrected chi connectivity index (χ2v) is 8.34. The van der Waals surface area contributed by atoms with E-state index < -0.39 is 18.3 Å². The number of carbonyl (C=O) groups excluding carboxylic acids is 1. The molecule has 1 aromatic rings. The normalized spacial score (nSPS) is 17.9. The third-order valence-electron chi connectivity index (χ3n) is 5.44. The first-order chi connectivity index (χ1) is 13.2. The van der Waals surface area contributed by atoms with Crippen LogP contribution in [0.5, 0.6) is 0 Å². The topological polar surface area (TPSA) is 75.7 Å². The predicted octanol–water partition coefficient (Wildman–Crippen LogP) is 1.64. The van der Waals surface area contributed by atoms with E-state index in [2.05, 4.69) is 27.4 Å². The van der Waals surface area contributed by atoms with Crippen molar-refractivity contribution in [3.63, 3.8) is 0 Å². The number of nitrogens with one attached hydrogen (secondary N) is 2. The van der Waals surface area contributed by atoms with Crippen molar-refractivity contribution in [1.82, 2.24) is 15.2 Å². The van der Waals surface area contributed by atoms with Gasteiger partial charge in [-0.2, -0.15) is 0 Å². The summed E-state index contributed by atoms with van der Waals surface area (Å²) in [7, 11) is 1.45. The van der Waals surface area contributed by atoms with Crippen LogP contribution in [-0.2, 0) is 14.1 Å². The zero-order valence-electron chi connectivity index (χ0n) is 18.2. The molecule has 1 amide bonds. The largest absolute Gasteiger partial charge is 0.496 e. The molecule has 156 valence electrons. The van der Waals surface area contributed by atoms with Gasteiger partial charge in [-0.15, -0.1) is 0 Å². The monoisotopic (exact) mass is 390 g/mol. The summed E-state index contributed by atoms with van der Waals surface area (Å²) in [6.45, 7) is 13.8. The Morgan fingerprint density at radius 2 is 1.82 bits per heavy atom. The van der Waals surface area contributed by atoms with Crippen LogP contribution in [-0.4, -0.2) is 67.3 Å². The van der Waals surface area contributed by atoms with Gasteiger partial charge in [-0.05, 0) is 53.8 Å². The molecule has 0 aliphatic carbocycles. The van der Waals surface area contributed by atoms with Crippen molar-refractivity contribution in [1.29, 1.82) is 0 Å². The number of amides is 1. The maximum Gasteiger partial charge on any atom is 0.496 e. The molecule has 0 spiro atoms. The zero-order valence-corrected chi connectivity index (χ0v) is 18.2. The van der Waals surface area contributed by atoms with E-state index in [-0.39, 0.29) is 5.91 Å². The number of pyridine rings is 1. The molecule has 2 rings (SSSR count). The highest BCUT2D eigenvalue weighted by Crippen LogP contribution is 2.36. The van der Waals surface area contributed by atoms with Gasteiger partial charge >= 0.3 is 7.12 Å². The summed E-state index contributed by atoms with van der Waals surface area (Å²) in [4.78, 5) is 18.9. The van der Waals surface area contributed by atoms with Crippen LogP contribution in [0.15, 0.2) is 18.5 Å². The Balaban J connectivity index is 1.93. The Morgan fingerprint density at radius 1 is 1.14 bits per heavy atom. The summed E-state index contributed by atoms with van der Waals surface area (Å²) in [5.74, 6) is -0.0153. The second-order valence-electron chi connectivity index (χ2n) is 8.34. The second kappa shape index (κ2) is 9.83. The lowest BCUT2D eigenvalue weighted by atomic mass is 9.80. The zero-order chi connectivity index (χ0) is 20.8. The minimum Gasteiger partial charge on any atom is -0.399 e. The van der Waals surface area contributed by atoms with Gasteiger partial charge in [-0.3, -0.25) is 9.78 Å². The molecule has 0 saturated carbocycles. The molecule has 8 heteroatoms. The number of likely N-dealkylation sites (N-methyl/N-ethyl adjacent to an activating group) is 1. The molecule has 1 fully saturated rings. The Kier molecular flexibility index (Phi) is 8.01. The van der Waals surface area contributed by atoms with Gasteiger partial charge in [0.2, 0.25) is 5.91 Å². The first kappa shape index (κ1) is 22.8. The number of nitrogens with zero attached hydrogens (tertiary/aromatic N) is 2. The highest BCUT2D eigenvalue weighted by molar-refractivity contribution is 6.62. The van der Waals surface area contributed by atoms with Gasteiger partial charge in [0.1, 0.15) is 0 Å². The minimum atomic E-state index is -0.490. The van der Waals surface area contributed by atoms with Crippen LogP contribution < -0.4 is 16.1 Å². The maximum atomic E-state index is 12.4. The Labute approximate surface area is 169 Å². The van der Waals surface area contributed by atoms with Crippen LogP contribution in [0.3, 0.4) is 0 Å². The summed E-state index contributed by atoms with van der Waals surface area (Å²) in [6, 6.07) is 1.87. The molecule has 1 saturated heterocycles. The van der Waals surface area contributed by atoms with Crippen molar-refractivity contribution in [3.8, 4) is 0 Å². The van der Waals surface area contributed by atoms with Gasteiger partial charge in [-0.1, -0.05) is 6.92 Å². The quantitative estimate of drug-likeness (QED) is 0.592. The molecule has 1 aliphatic heterocycles. The summed E-state index contributed by atoms with van der Waals surface area (Å²) >= 11 is 0. The van der Waals surface area contributed by atoms with E-state index in [0.29, 0.717) is 12.1 Å². The van der Waals surface area contributed by atoms with Gasteiger partial charge in [0.15, 0.2) is 0 Å². The fourth-order valence-corrected chi connectivity index (χ4v) is 3.04. The number of anilines is 1. The van der Waals surface area contributed by atoms with Crippen molar-refractivity contribution in [2.24, 2.45) is 0 Å². The average molecular weight is 390 g/mol. The molecular weight excluding hydrogens is 355 g/mol. The summed E-state index contributed by atoms with van der Waals surface area (Å²) in [6.07, 6.45) is 4.89. The first-order valence-corrected chi connectivity index (χ1v) is 10.2. The fourth-order valence-electron chi connectivity index (χ4n) is 3.04. The molecule has 0 radical (unpaired) electrons. The molecule has 0 aromatic carbocycles. The minimum absolute atomic E-state index is 0.0153. The standard InChI is InChI=1S/C20H35BN4O3/c1-7-10-25(12-9-22-6)11-8-18(26)24-17-13-16(14-23-15-17)21-27-19(2,3)20(4,5)28-21/h13-15,22H,7-12H2,1-6H3,(H,24,26). The summed E-state index contributed by atoms with van der Waals surface area (Å²) < 4.78 is 12.1. The van der Waals surface area contributed by atoms with E-state index in [1.54, 1.807) is 12.4 Å². The maximum absolute atomic E-state index is 12.4. The highest BCUT2D eigenvalue weighted by atomic mass is 16.7.